The summed E-state index contributed by atoms with van der Waals surface area (Å²) in [7, 11) is 0. The van der Waals surface area contributed by atoms with Crippen LogP contribution in [0.2, 0.25) is 0 Å². The van der Waals surface area contributed by atoms with Gasteiger partial charge in [0.15, 0.2) is 6.10 Å². The SMILES string of the molecule is CC.CC(=O)O[C@@H](C1CCC2C(CC3C4CCC5C(C)(C)[C@@H](OC(=O)C6CNC6)CCC56CC46CC[C@]23C)O1)C(C)(C)O.S. The van der Waals surface area contributed by atoms with E-state index in [-0.39, 0.29) is 55.1 Å². The molecule has 2 aliphatic heterocycles. The number of nitrogens with one attached hydrogen (secondary N) is 1. The van der Waals surface area contributed by atoms with Crippen LogP contribution in [0.4, 0.5) is 0 Å². The van der Waals surface area contributed by atoms with E-state index in [1.54, 1.807) is 13.8 Å². The van der Waals surface area contributed by atoms with Gasteiger partial charge in [0.05, 0.1) is 23.7 Å². The minimum atomic E-state index is -1.14. The van der Waals surface area contributed by atoms with Crippen molar-refractivity contribution in [3.05, 3.63) is 0 Å². The van der Waals surface area contributed by atoms with E-state index in [4.69, 9.17) is 14.2 Å². The maximum absolute atomic E-state index is 12.8. The van der Waals surface area contributed by atoms with Crippen LogP contribution >= 0.6 is 13.5 Å². The first-order valence-electron chi connectivity index (χ1n) is 17.7. The number of esters is 2. The molecule has 7 nitrogen and oxygen atoms in total. The van der Waals surface area contributed by atoms with E-state index in [2.05, 4.69) is 26.1 Å². The van der Waals surface area contributed by atoms with Crippen LogP contribution < -0.4 is 5.32 Å². The first-order valence-corrected chi connectivity index (χ1v) is 17.7. The van der Waals surface area contributed by atoms with Gasteiger partial charge in [0.2, 0.25) is 0 Å². The molecule has 44 heavy (non-hydrogen) atoms. The Morgan fingerprint density at radius 1 is 0.932 bits per heavy atom. The summed E-state index contributed by atoms with van der Waals surface area (Å²) in [6.45, 7) is 17.8. The topological polar surface area (TPSA) is 94.1 Å². The molecule has 7 aliphatic rings. The summed E-state index contributed by atoms with van der Waals surface area (Å²) in [5, 5.41) is 14.1. The Kier molecular flexibility index (Phi) is 9.17. The summed E-state index contributed by atoms with van der Waals surface area (Å²) in [5.41, 5.74) is 0.0384. The van der Waals surface area contributed by atoms with Gasteiger partial charge in [-0.1, -0.05) is 34.6 Å². The van der Waals surface area contributed by atoms with E-state index in [1.807, 2.05) is 13.8 Å². The van der Waals surface area contributed by atoms with E-state index in [1.165, 1.54) is 45.4 Å². The number of ether oxygens (including phenoxy) is 3. The van der Waals surface area contributed by atoms with Gasteiger partial charge in [-0.2, -0.15) is 13.5 Å². The van der Waals surface area contributed by atoms with E-state index in [0.29, 0.717) is 34.0 Å². The van der Waals surface area contributed by atoms with Crippen molar-refractivity contribution >= 4 is 25.4 Å². The Balaban J connectivity index is 0.00000126. The van der Waals surface area contributed by atoms with Crippen LogP contribution in [0.1, 0.15) is 120 Å². The third-order valence-electron chi connectivity index (χ3n) is 14.3. The molecule has 0 amide bonds. The van der Waals surface area contributed by atoms with Crippen LogP contribution in [0.15, 0.2) is 0 Å². The molecule has 2 saturated heterocycles. The van der Waals surface area contributed by atoms with Crippen molar-refractivity contribution in [3.8, 4) is 0 Å². The van der Waals surface area contributed by atoms with Crippen molar-refractivity contribution in [1.29, 1.82) is 0 Å². The van der Waals surface area contributed by atoms with Crippen molar-refractivity contribution in [2.24, 2.45) is 51.2 Å². The molecule has 11 atom stereocenters. The second-order valence-electron chi connectivity index (χ2n) is 16.8. The van der Waals surface area contributed by atoms with Crippen molar-refractivity contribution in [1.82, 2.24) is 5.32 Å². The molecule has 0 bridgehead atoms. The lowest BCUT2D eigenvalue weighted by molar-refractivity contribution is -0.200. The average Bonchev–Trinajstić information content (AvgIpc) is 3.48. The van der Waals surface area contributed by atoms with Crippen LogP contribution in [0.5, 0.6) is 0 Å². The zero-order chi connectivity index (χ0) is 31.2. The molecule has 5 aliphatic carbocycles. The van der Waals surface area contributed by atoms with Gasteiger partial charge in [-0.3, -0.25) is 9.59 Å². The Labute approximate surface area is 273 Å². The minimum Gasteiger partial charge on any atom is -0.462 e. The highest BCUT2D eigenvalue weighted by Crippen LogP contribution is 2.87. The fraction of sp³-hybridized carbons (Fsp3) is 0.944. The number of carbonyl (C=O) groups excluding carboxylic acids is 2. The molecule has 2 N–H and O–H groups in total. The summed E-state index contributed by atoms with van der Waals surface area (Å²) in [6, 6.07) is 0. The molecule has 0 aromatic carbocycles. The van der Waals surface area contributed by atoms with E-state index < -0.39 is 11.7 Å². The monoisotopic (exact) mass is 635 g/mol. The third kappa shape index (κ3) is 5.01. The fourth-order valence-corrected chi connectivity index (χ4v) is 12.2. The number of hydrogen-bond donors (Lipinski definition) is 2. The Morgan fingerprint density at radius 3 is 2.23 bits per heavy atom. The van der Waals surface area contributed by atoms with Gasteiger partial charge < -0.3 is 24.6 Å². The first kappa shape index (κ1) is 34.5. The number of aliphatic hydroxyl groups is 1. The van der Waals surface area contributed by atoms with Crippen LogP contribution in [0.25, 0.3) is 0 Å². The molecule has 2 heterocycles. The number of hydrogen-bond acceptors (Lipinski definition) is 7. The Morgan fingerprint density at radius 2 is 1.61 bits per heavy atom. The van der Waals surface area contributed by atoms with Crippen molar-refractivity contribution in [3.63, 3.8) is 0 Å². The van der Waals surface area contributed by atoms with Crippen LogP contribution in [0.3, 0.4) is 0 Å². The van der Waals surface area contributed by atoms with Gasteiger partial charge in [0.25, 0.3) is 0 Å². The highest BCUT2D eigenvalue weighted by molar-refractivity contribution is 7.59. The average molecular weight is 636 g/mol. The second-order valence-corrected chi connectivity index (χ2v) is 16.8. The summed E-state index contributed by atoms with van der Waals surface area (Å²) in [6.07, 6.45) is 11.1. The number of carbonyl (C=O) groups is 2. The molecule has 0 aromatic rings. The molecule has 7 fully saturated rings. The summed E-state index contributed by atoms with van der Waals surface area (Å²) in [5.74, 6) is 2.28. The van der Waals surface area contributed by atoms with Gasteiger partial charge in [-0.15, -0.1) is 0 Å². The summed E-state index contributed by atoms with van der Waals surface area (Å²) < 4.78 is 18.7. The quantitative estimate of drug-likeness (QED) is 0.349. The molecule has 8 unspecified atom stereocenters. The Bertz CT molecular complexity index is 1100. The zero-order valence-electron chi connectivity index (χ0n) is 28.7. The lowest BCUT2D eigenvalue weighted by atomic mass is 9.46. The molecule has 2 spiro atoms. The smallest absolute Gasteiger partial charge is 0.311 e. The number of rotatable bonds is 5. The molecule has 5 saturated carbocycles. The van der Waals surface area contributed by atoms with Crippen LogP contribution in [0, 0.1) is 51.2 Å². The van der Waals surface area contributed by atoms with Gasteiger partial charge >= 0.3 is 11.9 Å². The molecule has 0 radical (unpaired) electrons. The van der Waals surface area contributed by atoms with Crippen molar-refractivity contribution in [2.75, 3.05) is 13.1 Å². The summed E-state index contributed by atoms with van der Waals surface area (Å²) in [4.78, 5) is 24.7. The molecule has 7 rings (SSSR count). The van der Waals surface area contributed by atoms with Gasteiger partial charge in [0.1, 0.15) is 6.10 Å². The molecule has 252 valence electrons. The van der Waals surface area contributed by atoms with Crippen molar-refractivity contribution < 1.29 is 28.9 Å². The van der Waals surface area contributed by atoms with E-state index >= 15 is 0 Å². The highest BCUT2D eigenvalue weighted by atomic mass is 32.1. The highest BCUT2D eigenvalue weighted by Gasteiger charge is 2.81. The van der Waals surface area contributed by atoms with Crippen molar-refractivity contribution in [2.45, 2.75) is 150 Å². The normalized spacial score (nSPS) is 45.5. The Hall–Kier alpha value is -0.830. The zero-order valence-corrected chi connectivity index (χ0v) is 29.7. The van der Waals surface area contributed by atoms with Crippen LogP contribution in [-0.2, 0) is 23.8 Å². The number of fused-ring (bicyclic) bond motifs is 4. The van der Waals surface area contributed by atoms with Gasteiger partial charge in [0, 0.05) is 25.4 Å². The lowest BCUT2D eigenvalue weighted by Crippen LogP contribution is -2.56. The minimum absolute atomic E-state index is 0. The van der Waals surface area contributed by atoms with E-state index in [0.717, 1.165) is 44.7 Å². The maximum atomic E-state index is 12.8. The molecule has 8 heteroatoms. The summed E-state index contributed by atoms with van der Waals surface area (Å²) >= 11 is 0. The van der Waals surface area contributed by atoms with E-state index in [9.17, 15) is 14.7 Å². The molecular weight excluding hydrogens is 574 g/mol. The van der Waals surface area contributed by atoms with Gasteiger partial charge in [-0.25, -0.2) is 0 Å². The maximum Gasteiger partial charge on any atom is 0.311 e. The molecule has 0 aromatic heterocycles. The second kappa shape index (κ2) is 11.7. The van der Waals surface area contributed by atoms with Gasteiger partial charge in [-0.05, 0) is 118 Å². The molecular formula is C36H61NO6S. The fourth-order valence-electron chi connectivity index (χ4n) is 12.2. The largest absolute Gasteiger partial charge is 0.462 e. The first-order chi connectivity index (χ1) is 20.2. The predicted octanol–water partition coefficient (Wildman–Crippen LogP) is 6.17. The van der Waals surface area contributed by atoms with Crippen LogP contribution in [-0.4, -0.2) is 60.2 Å². The predicted molar refractivity (Wildman–Crippen MR) is 175 cm³/mol. The standard InChI is InChI=1S/C34H53NO6.C2H6.H2S/c1-19(36)39-28(31(4,5)38)24-9-7-22-25(40-24)15-23-21-8-10-26-30(2,3)27(41-29(37)20-16-35-17-20)11-12-34(26)18-33(21,34)14-13-32(22,23)6;1-2;/h20-28,35,38H,7-18H2,1-6H3;1-2H3;1H2/t21?,22?,23?,24?,25?,26?,27-,28-,32+,33?,34?;;/m0../s1. The lowest BCUT2D eigenvalue weighted by Gasteiger charge is -2.59. The third-order valence-corrected chi connectivity index (χ3v) is 14.3.